The van der Waals surface area contributed by atoms with Crippen molar-refractivity contribution in [3.8, 4) is 17.0 Å². The summed E-state index contributed by atoms with van der Waals surface area (Å²) in [6, 6.07) is 11.8. The molecule has 0 aliphatic heterocycles. The minimum absolute atomic E-state index is 0.826. The predicted molar refractivity (Wildman–Crippen MR) is 71.5 cm³/mol. The number of benzene rings is 1. The average Bonchev–Trinajstić information content (AvgIpc) is 2.47. The van der Waals surface area contributed by atoms with Gasteiger partial charge in [0.25, 0.3) is 0 Å². The standard InChI is InChI=1S/C15H12N2O/c1-18-14-6-5-11-10-16-9-7-12(11)15(14)13-4-2-3-8-17-13/h2-10H,1H3. The van der Waals surface area contributed by atoms with Crippen LogP contribution in [0.2, 0.25) is 0 Å². The van der Waals surface area contributed by atoms with Crippen LogP contribution >= 0.6 is 0 Å². The van der Waals surface area contributed by atoms with Gasteiger partial charge in [-0.3, -0.25) is 9.97 Å². The second-order valence-corrected chi connectivity index (χ2v) is 3.95. The lowest BCUT2D eigenvalue weighted by molar-refractivity contribution is 0.417. The van der Waals surface area contributed by atoms with Crippen molar-refractivity contribution in [2.75, 3.05) is 7.11 Å². The number of nitrogens with zero attached hydrogens (tertiary/aromatic N) is 2. The van der Waals surface area contributed by atoms with Crippen molar-refractivity contribution < 1.29 is 4.74 Å². The molecule has 3 heteroatoms. The fourth-order valence-corrected chi connectivity index (χ4v) is 2.09. The van der Waals surface area contributed by atoms with Crippen LogP contribution in [0.25, 0.3) is 22.0 Å². The molecule has 0 fully saturated rings. The summed E-state index contributed by atoms with van der Waals surface area (Å²) in [4.78, 5) is 8.55. The predicted octanol–water partition coefficient (Wildman–Crippen LogP) is 3.31. The summed E-state index contributed by atoms with van der Waals surface area (Å²) in [7, 11) is 1.68. The Morgan fingerprint density at radius 2 is 1.94 bits per heavy atom. The Morgan fingerprint density at radius 1 is 1.00 bits per heavy atom. The van der Waals surface area contributed by atoms with Crippen molar-refractivity contribution >= 4 is 10.8 Å². The van der Waals surface area contributed by atoms with Gasteiger partial charge >= 0.3 is 0 Å². The minimum Gasteiger partial charge on any atom is -0.496 e. The summed E-state index contributed by atoms with van der Waals surface area (Å²) in [5, 5.41) is 2.18. The molecule has 0 saturated heterocycles. The number of ether oxygens (including phenoxy) is 1. The Morgan fingerprint density at radius 3 is 2.72 bits per heavy atom. The summed E-state index contributed by atoms with van der Waals surface area (Å²) in [6.45, 7) is 0. The summed E-state index contributed by atoms with van der Waals surface area (Å²) in [5.74, 6) is 0.826. The smallest absolute Gasteiger partial charge is 0.128 e. The van der Waals surface area contributed by atoms with E-state index in [2.05, 4.69) is 9.97 Å². The van der Waals surface area contributed by atoms with Gasteiger partial charge in [-0.05, 0) is 35.7 Å². The lowest BCUT2D eigenvalue weighted by Crippen LogP contribution is -1.91. The van der Waals surface area contributed by atoms with Gasteiger partial charge in [-0.25, -0.2) is 0 Å². The molecule has 0 bridgehead atoms. The van der Waals surface area contributed by atoms with Crippen LogP contribution in [-0.4, -0.2) is 17.1 Å². The van der Waals surface area contributed by atoms with Gasteiger partial charge in [0.05, 0.1) is 18.4 Å². The fraction of sp³-hybridized carbons (Fsp3) is 0.0667. The van der Waals surface area contributed by atoms with Crippen LogP contribution in [0, 0.1) is 0 Å². The molecule has 0 aliphatic rings. The molecule has 0 aliphatic carbocycles. The maximum Gasteiger partial charge on any atom is 0.128 e. The summed E-state index contributed by atoms with van der Waals surface area (Å²) < 4.78 is 5.45. The van der Waals surface area contributed by atoms with E-state index >= 15 is 0 Å². The molecule has 0 radical (unpaired) electrons. The molecule has 2 heterocycles. The van der Waals surface area contributed by atoms with Crippen LogP contribution in [-0.2, 0) is 0 Å². The van der Waals surface area contributed by atoms with Gasteiger partial charge in [0.1, 0.15) is 5.75 Å². The molecule has 0 N–H and O–H groups in total. The van der Waals surface area contributed by atoms with Gasteiger partial charge in [-0.15, -0.1) is 0 Å². The number of hydrogen-bond acceptors (Lipinski definition) is 3. The lowest BCUT2D eigenvalue weighted by Gasteiger charge is -2.11. The van der Waals surface area contributed by atoms with Crippen molar-refractivity contribution in [1.29, 1.82) is 0 Å². The number of pyridine rings is 2. The number of aromatic nitrogens is 2. The molecule has 88 valence electrons. The van der Waals surface area contributed by atoms with Crippen molar-refractivity contribution in [2.45, 2.75) is 0 Å². The Kier molecular flexibility index (Phi) is 2.65. The van der Waals surface area contributed by atoms with Crippen LogP contribution in [0.3, 0.4) is 0 Å². The first-order chi connectivity index (χ1) is 8.90. The van der Waals surface area contributed by atoms with Gasteiger partial charge in [-0.2, -0.15) is 0 Å². The van der Waals surface area contributed by atoms with Crippen LogP contribution in [0.4, 0.5) is 0 Å². The molecule has 18 heavy (non-hydrogen) atoms. The maximum atomic E-state index is 5.45. The zero-order chi connectivity index (χ0) is 12.4. The monoisotopic (exact) mass is 236 g/mol. The summed E-state index contributed by atoms with van der Waals surface area (Å²) in [5.41, 5.74) is 1.92. The first-order valence-electron chi connectivity index (χ1n) is 5.72. The molecule has 0 unspecified atom stereocenters. The molecule has 3 aromatic rings. The quantitative estimate of drug-likeness (QED) is 0.684. The van der Waals surface area contributed by atoms with Gasteiger partial charge in [0.2, 0.25) is 0 Å². The lowest BCUT2D eigenvalue weighted by atomic mass is 10.0. The zero-order valence-corrected chi connectivity index (χ0v) is 10.00. The Labute approximate surface area is 105 Å². The van der Waals surface area contributed by atoms with E-state index < -0.39 is 0 Å². The highest BCUT2D eigenvalue weighted by molar-refractivity contribution is 5.98. The zero-order valence-electron chi connectivity index (χ0n) is 10.00. The van der Waals surface area contributed by atoms with Crippen LogP contribution in [0.5, 0.6) is 5.75 Å². The topological polar surface area (TPSA) is 35.0 Å². The molecule has 3 nitrogen and oxygen atoms in total. The highest BCUT2D eigenvalue weighted by Crippen LogP contribution is 2.35. The second-order valence-electron chi connectivity index (χ2n) is 3.95. The van der Waals surface area contributed by atoms with Gasteiger partial charge < -0.3 is 4.74 Å². The maximum absolute atomic E-state index is 5.45. The van der Waals surface area contributed by atoms with E-state index in [1.54, 1.807) is 19.5 Å². The molecular formula is C15H12N2O. The van der Waals surface area contributed by atoms with E-state index in [1.165, 1.54) is 0 Å². The first-order valence-corrected chi connectivity index (χ1v) is 5.72. The fourth-order valence-electron chi connectivity index (χ4n) is 2.09. The Balaban J connectivity index is 2.38. The third-order valence-electron chi connectivity index (χ3n) is 2.92. The molecule has 0 spiro atoms. The molecule has 1 aromatic carbocycles. The number of methoxy groups -OCH3 is 1. The highest BCUT2D eigenvalue weighted by atomic mass is 16.5. The molecule has 3 rings (SSSR count). The first kappa shape index (κ1) is 10.7. The van der Waals surface area contributed by atoms with E-state index in [1.807, 2.05) is 42.6 Å². The van der Waals surface area contributed by atoms with Crippen molar-refractivity contribution in [3.63, 3.8) is 0 Å². The minimum atomic E-state index is 0.826. The van der Waals surface area contributed by atoms with Gasteiger partial charge in [0, 0.05) is 24.0 Å². The van der Waals surface area contributed by atoms with E-state index in [-0.39, 0.29) is 0 Å². The second kappa shape index (κ2) is 4.45. The number of hydrogen-bond donors (Lipinski definition) is 0. The SMILES string of the molecule is COc1ccc2cnccc2c1-c1ccccn1. The number of rotatable bonds is 2. The molecule has 0 saturated carbocycles. The molecule has 0 amide bonds. The van der Waals surface area contributed by atoms with Crippen LogP contribution < -0.4 is 4.74 Å². The highest BCUT2D eigenvalue weighted by Gasteiger charge is 2.11. The van der Waals surface area contributed by atoms with E-state index in [0.717, 1.165) is 27.8 Å². The van der Waals surface area contributed by atoms with Crippen molar-refractivity contribution in [2.24, 2.45) is 0 Å². The molecular weight excluding hydrogens is 224 g/mol. The third kappa shape index (κ3) is 1.70. The third-order valence-corrected chi connectivity index (χ3v) is 2.92. The Bertz CT molecular complexity index is 680. The molecule has 0 atom stereocenters. The summed E-state index contributed by atoms with van der Waals surface area (Å²) in [6.07, 6.45) is 5.42. The van der Waals surface area contributed by atoms with Crippen LogP contribution in [0.15, 0.2) is 55.0 Å². The van der Waals surface area contributed by atoms with Crippen molar-refractivity contribution in [1.82, 2.24) is 9.97 Å². The number of fused-ring (bicyclic) bond motifs is 1. The van der Waals surface area contributed by atoms with Crippen LogP contribution in [0.1, 0.15) is 0 Å². The average molecular weight is 236 g/mol. The van der Waals surface area contributed by atoms with Crippen molar-refractivity contribution in [3.05, 3.63) is 55.0 Å². The summed E-state index contributed by atoms with van der Waals surface area (Å²) >= 11 is 0. The Hall–Kier alpha value is -2.42. The van der Waals surface area contributed by atoms with Gasteiger partial charge in [0.15, 0.2) is 0 Å². The normalized spacial score (nSPS) is 10.5. The largest absolute Gasteiger partial charge is 0.496 e. The van der Waals surface area contributed by atoms with E-state index in [0.29, 0.717) is 0 Å². The molecule has 2 aromatic heterocycles. The van der Waals surface area contributed by atoms with Gasteiger partial charge in [-0.1, -0.05) is 6.07 Å². The van der Waals surface area contributed by atoms with E-state index in [4.69, 9.17) is 4.74 Å². The van der Waals surface area contributed by atoms with E-state index in [9.17, 15) is 0 Å².